The Morgan fingerprint density at radius 3 is 1.71 bits per heavy atom. The Morgan fingerprint density at radius 2 is 1.11 bits per heavy atom. The summed E-state index contributed by atoms with van der Waals surface area (Å²) in [6.07, 6.45) is 0.267. The van der Waals surface area contributed by atoms with E-state index >= 15 is 0 Å². The second kappa shape index (κ2) is 15.0. The van der Waals surface area contributed by atoms with E-state index in [0.717, 1.165) is 39.7 Å². The highest BCUT2D eigenvalue weighted by molar-refractivity contribution is 6.06. The van der Waals surface area contributed by atoms with Crippen molar-refractivity contribution in [3.63, 3.8) is 0 Å². The van der Waals surface area contributed by atoms with Crippen molar-refractivity contribution in [1.29, 1.82) is 0 Å². The molecule has 0 unspecified atom stereocenters. The van der Waals surface area contributed by atoms with Gasteiger partial charge in [-0.2, -0.15) is 0 Å². The molecule has 0 fully saturated rings. The van der Waals surface area contributed by atoms with E-state index in [2.05, 4.69) is 25.7 Å². The molecule has 2 aliphatic rings. The van der Waals surface area contributed by atoms with E-state index in [1.165, 1.54) is 0 Å². The third kappa shape index (κ3) is 6.88. The molecule has 2 aliphatic heterocycles. The number of amides is 3. The van der Waals surface area contributed by atoms with E-state index in [4.69, 9.17) is 0 Å². The van der Waals surface area contributed by atoms with Gasteiger partial charge in [-0.25, -0.2) is 0 Å². The number of benzene rings is 5. The van der Waals surface area contributed by atoms with Gasteiger partial charge in [-0.15, -0.1) is 20.4 Å². The van der Waals surface area contributed by atoms with Gasteiger partial charge in [0.15, 0.2) is 11.6 Å². The maximum absolute atomic E-state index is 13.5. The number of nitrogens with one attached hydrogen (secondary N) is 1. The van der Waals surface area contributed by atoms with Crippen molar-refractivity contribution in [3.8, 4) is 34.2 Å². The summed E-state index contributed by atoms with van der Waals surface area (Å²) < 4.78 is 3.87. The maximum atomic E-state index is 13.5. The smallest absolute Gasteiger partial charge is 0.247 e. The fourth-order valence-corrected chi connectivity index (χ4v) is 6.98. The van der Waals surface area contributed by atoms with Crippen molar-refractivity contribution in [2.75, 3.05) is 21.7 Å². The third-order valence-corrected chi connectivity index (χ3v) is 9.40. The van der Waals surface area contributed by atoms with Crippen molar-refractivity contribution in [2.24, 2.45) is 0 Å². The van der Waals surface area contributed by atoms with E-state index in [9.17, 15) is 14.4 Å². The zero-order valence-corrected chi connectivity index (χ0v) is 30.3. The van der Waals surface area contributed by atoms with E-state index in [-0.39, 0.29) is 43.1 Å². The molecule has 0 radical (unpaired) electrons. The van der Waals surface area contributed by atoms with Gasteiger partial charge >= 0.3 is 0 Å². The molecule has 0 saturated carbocycles. The molecule has 0 saturated heterocycles. The highest BCUT2D eigenvalue weighted by Crippen LogP contribution is 2.34. The second-order valence-corrected chi connectivity index (χ2v) is 13.4. The summed E-state index contributed by atoms with van der Waals surface area (Å²) in [5, 5.41) is 20.1. The van der Waals surface area contributed by atoms with Gasteiger partial charge in [0.2, 0.25) is 17.7 Å². The fraction of sp³-hybridized carbons (Fsp3) is 0.140. The number of carbonyl (C=O) groups is 3. The third-order valence-electron chi connectivity index (χ3n) is 9.40. The Bertz CT molecular complexity index is 2500. The maximum Gasteiger partial charge on any atom is 0.247 e. The van der Waals surface area contributed by atoms with Gasteiger partial charge in [0, 0.05) is 22.9 Å². The number of hydrogen-bond donors (Lipinski definition) is 1. The van der Waals surface area contributed by atoms with Gasteiger partial charge in [-0.1, -0.05) is 103 Å². The first kappa shape index (κ1) is 34.9. The average Bonchev–Trinajstić information content (AvgIpc) is 3.76. The van der Waals surface area contributed by atoms with Gasteiger partial charge in [-0.3, -0.25) is 23.5 Å². The summed E-state index contributed by atoms with van der Waals surface area (Å²) in [6, 6.07) is 44.4. The zero-order chi connectivity index (χ0) is 37.9. The van der Waals surface area contributed by atoms with Crippen molar-refractivity contribution < 1.29 is 14.4 Å². The average molecular weight is 728 g/mol. The quantitative estimate of drug-likeness (QED) is 0.202. The van der Waals surface area contributed by atoms with Gasteiger partial charge in [0.25, 0.3) is 0 Å². The van der Waals surface area contributed by atoms with E-state index in [1.54, 1.807) is 9.80 Å². The summed E-state index contributed by atoms with van der Waals surface area (Å²) in [4.78, 5) is 42.2. The van der Waals surface area contributed by atoms with Gasteiger partial charge in [0.1, 0.15) is 18.2 Å². The van der Waals surface area contributed by atoms with E-state index in [0.29, 0.717) is 23.2 Å². The Balaban J connectivity index is 0.000000173. The monoisotopic (exact) mass is 727 g/mol. The standard InChI is InChI=1S/C27H25N5O2.C16H12N4O/c1-19(2)31(21-13-7-4-8-14-21)26(34)18-30-22-15-9-10-16-23(22)32-24(17-25(30)33)28-29-27(32)20-11-5-3-6-12-20;21-15-10-14-18-19-16(11-6-2-1-3-7-11)20(14)13-9-5-4-8-12(13)17-15/h3-16,19H,17-18H2,1-2H3;1-9H,10H2,(H,17,21). The lowest BCUT2D eigenvalue weighted by Gasteiger charge is -2.30. The normalized spacial score (nSPS) is 12.9. The largest absolute Gasteiger partial charge is 0.324 e. The molecule has 9 rings (SSSR count). The summed E-state index contributed by atoms with van der Waals surface area (Å²) in [6.45, 7) is 3.87. The molecule has 12 heteroatoms. The van der Waals surface area contributed by atoms with Crippen LogP contribution in [0.3, 0.4) is 0 Å². The van der Waals surface area contributed by atoms with Crippen LogP contribution in [-0.4, -0.2) is 59.8 Å². The molecule has 0 atom stereocenters. The molecule has 5 aromatic carbocycles. The lowest BCUT2D eigenvalue weighted by atomic mass is 10.2. The minimum absolute atomic E-state index is 0.0504. The highest BCUT2D eigenvalue weighted by Gasteiger charge is 2.32. The lowest BCUT2D eigenvalue weighted by Crippen LogP contribution is -2.46. The first-order valence-corrected chi connectivity index (χ1v) is 18.0. The van der Waals surface area contributed by atoms with Crippen molar-refractivity contribution in [3.05, 3.63) is 151 Å². The molecule has 12 nitrogen and oxygen atoms in total. The Kier molecular flexibility index (Phi) is 9.52. The summed E-state index contributed by atoms with van der Waals surface area (Å²) in [7, 11) is 0. The lowest BCUT2D eigenvalue weighted by molar-refractivity contribution is -0.122. The fourth-order valence-electron chi connectivity index (χ4n) is 6.98. The van der Waals surface area contributed by atoms with Crippen LogP contribution in [0.4, 0.5) is 17.1 Å². The first-order valence-electron chi connectivity index (χ1n) is 18.0. The van der Waals surface area contributed by atoms with Crippen LogP contribution < -0.4 is 15.1 Å². The Hall–Kier alpha value is -7.21. The van der Waals surface area contributed by atoms with Crippen LogP contribution >= 0.6 is 0 Å². The van der Waals surface area contributed by atoms with Gasteiger partial charge < -0.3 is 15.1 Å². The molecule has 0 spiro atoms. The number of aromatic nitrogens is 6. The minimum atomic E-state index is -0.191. The van der Waals surface area contributed by atoms with Crippen LogP contribution in [0.25, 0.3) is 34.2 Å². The van der Waals surface area contributed by atoms with Crippen LogP contribution in [-0.2, 0) is 27.2 Å². The molecule has 0 aliphatic carbocycles. The van der Waals surface area contributed by atoms with Crippen molar-refractivity contribution in [2.45, 2.75) is 32.7 Å². The molecular weight excluding hydrogens is 691 g/mol. The predicted molar refractivity (Wildman–Crippen MR) is 211 cm³/mol. The number of para-hydroxylation sites is 5. The van der Waals surface area contributed by atoms with Crippen LogP contribution in [0.15, 0.2) is 140 Å². The van der Waals surface area contributed by atoms with Crippen molar-refractivity contribution >= 4 is 34.8 Å². The summed E-state index contributed by atoms with van der Waals surface area (Å²) >= 11 is 0. The van der Waals surface area contributed by atoms with Crippen LogP contribution in [0, 0.1) is 0 Å². The minimum Gasteiger partial charge on any atom is -0.324 e. The number of fused-ring (bicyclic) bond motifs is 6. The molecule has 3 amide bonds. The van der Waals surface area contributed by atoms with Crippen LogP contribution in [0.2, 0.25) is 0 Å². The number of anilines is 3. The number of hydrogen-bond acceptors (Lipinski definition) is 7. The highest BCUT2D eigenvalue weighted by atomic mass is 16.2. The Morgan fingerprint density at radius 1 is 0.618 bits per heavy atom. The molecule has 0 bridgehead atoms. The van der Waals surface area contributed by atoms with E-state index < -0.39 is 0 Å². The summed E-state index contributed by atoms with van der Waals surface area (Å²) in [5.41, 5.74) is 5.79. The predicted octanol–water partition coefficient (Wildman–Crippen LogP) is 6.69. The van der Waals surface area contributed by atoms with Gasteiger partial charge in [0.05, 0.1) is 35.6 Å². The SMILES string of the molecule is CC(C)N(C(=O)CN1C(=O)Cc2nnc(-c3ccccc3)n2-c2ccccc21)c1ccccc1.O=C1Cc2nnc(-c3ccccc3)n2-c2ccccc2N1. The molecule has 1 N–H and O–H groups in total. The summed E-state index contributed by atoms with van der Waals surface area (Å²) in [5.74, 6) is 2.19. The zero-order valence-electron chi connectivity index (χ0n) is 30.3. The van der Waals surface area contributed by atoms with Crippen molar-refractivity contribution in [1.82, 2.24) is 29.5 Å². The first-order chi connectivity index (χ1) is 26.9. The number of carbonyl (C=O) groups excluding carboxylic acids is 3. The second-order valence-electron chi connectivity index (χ2n) is 13.4. The van der Waals surface area contributed by atoms with E-state index in [1.807, 2.05) is 163 Å². The topological polar surface area (TPSA) is 131 Å². The molecule has 7 aromatic rings. The van der Waals surface area contributed by atoms with Crippen LogP contribution in [0.5, 0.6) is 0 Å². The molecular formula is C43H37N9O3. The molecule has 2 aromatic heterocycles. The number of nitrogens with zero attached hydrogens (tertiary/aromatic N) is 8. The molecule has 4 heterocycles. The van der Waals surface area contributed by atoms with Gasteiger partial charge in [-0.05, 0) is 50.2 Å². The Labute approximate surface area is 317 Å². The molecule has 272 valence electrons. The number of rotatable bonds is 6. The molecule has 55 heavy (non-hydrogen) atoms. The van der Waals surface area contributed by atoms with Crippen LogP contribution in [0.1, 0.15) is 25.5 Å².